The molecule has 0 radical (unpaired) electrons. The van der Waals surface area contributed by atoms with Crippen LogP contribution < -0.4 is 5.43 Å². The van der Waals surface area contributed by atoms with E-state index in [0.29, 0.717) is 24.2 Å². The summed E-state index contributed by atoms with van der Waals surface area (Å²) < 4.78 is 31.2. The van der Waals surface area contributed by atoms with Crippen LogP contribution in [0.4, 0.5) is 11.4 Å². The second-order valence-electron chi connectivity index (χ2n) is 6.53. The van der Waals surface area contributed by atoms with E-state index in [4.69, 9.17) is 0 Å². The number of carbonyl (C=O) groups excluding carboxylic acids is 1. The molecule has 1 heterocycles. The predicted molar refractivity (Wildman–Crippen MR) is 110 cm³/mol. The minimum Gasteiger partial charge on any atom is -0.465 e. The van der Waals surface area contributed by atoms with Crippen LogP contribution in [-0.2, 0) is 14.8 Å². The van der Waals surface area contributed by atoms with Crippen LogP contribution in [0.25, 0.3) is 0 Å². The SMILES string of the molecule is COC(=O)c1ccc(/C=N/Nc2ccc(S(=O)(=O)N3CCCC3)cc2[N+](=O)[O-])cc1. The van der Waals surface area contributed by atoms with Crippen LogP contribution in [0.3, 0.4) is 0 Å². The maximum Gasteiger partial charge on any atom is 0.337 e. The molecule has 1 saturated heterocycles. The molecule has 0 amide bonds. The fourth-order valence-corrected chi connectivity index (χ4v) is 4.53. The molecule has 11 heteroatoms. The summed E-state index contributed by atoms with van der Waals surface area (Å²) in [6.45, 7) is 0.824. The van der Waals surface area contributed by atoms with E-state index in [1.54, 1.807) is 24.3 Å². The molecule has 0 aliphatic carbocycles. The molecule has 1 aliphatic heterocycles. The lowest BCUT2D eigenvalue weighted by atomic mass is 10.1. The van der Waals surface area contributed by atoms with Gasteiger partial charge in [0.15, 0.2) is 0 Å². The number of esters is 1. The Labute approximate surface area is 173 Å². The third kappa shape index (κ3) is 4.63. The first kappa shape index (κ1) is 21.4. The van der Waals surface area contributed by atoms with Crippen molar-refractivity contribution in [2.75, 3.05) is 25.6 Å². The highest BCUT2D eigenvalue weighted by Gasteiger charge is 2.29. The van der Waals surface area contributed by atoms with Crippen LogP contribution in [0.15, 0.2) is 52.5 Å². The van der Waals surface area contributed by atoms with Crippen LogP contribution in [0, 0.1) is 10.1 Å². The lowest BCUT2D eigenvalue weighted by Crippen LogP contribution is -2.27. The number of benzene rings is 2. The molecule has 3 rings (SSSR count). The molecule has 0 bridgehead atoms. The first-order chi connectivity index (χ1) is 14.3. The van der Waals surface area contributed by atoms with Crippen LogP contribution in [0.1, 0.15) is 28.8 Å². The molecule has 0 aromatic heterocycles. The highest BCUT2D eigenvalue weighted by Crippen LogP contribution is 2.30. The van der Waals surface area contributed by atoms with Crippen molar-refractivity contribution in [3.05, 3.63) is 63.7 Å². The second-order valence-corrected chi connectivity index (χ2v) is 8.47. The van der Waals surface area contributed by atoms with Gasteiger partial charge in [0.2, 0.25) is 10.0 Å². The summed E-state index contributed by atoms with van der Waals surface area (Å²) in [6, 6.07) is 10.1. The number of carbonyl (C=O) groups is 1. The van der Waals surface area contributed by atoms with Crippen LogP contribution in [0.2, 0.25) is 0 Å². The Morgan fingerprint density at radius 2 is 1.87 bits per heavy atom. The van der Waals surface area contributed by atoms with E-state index in [1.165, 1.54) is 29.8 Å². The summed E-state index contributed by atoms with van der Waals surface area (Å²) in [7, 11) is -2.48. The van der Waals surface area contributed by atoms with Crippen LogP contribution in [0.5, 0.6) is 0 Å². The van der Waals surface area contributed by atoms with Crippen molar-refractivity contribution in [2.45, 2.75) is 17.7 Å². The molecule has 1 fully saturated rings. The Kier molecular flexibility index (Phi) is 6.43. The number of methoxy groups -OCH3 is 1. The summed E-state index contributed by atoms with van der Waals surface area (Å²) in [5.41, 5.74) is 3.26. The number of hydrogen-bond donors (Lipinski definition) is 1. The summed E-state index contributed by atoms with van der Waals surface area (Å²) >= 11 is 0. The fourth-order valence-electron chi connectivity index (χ4n) is 2.99. The maximum absolute atomic E-state index is 12.6. The quantitative estimate of drug-likeness (QED) is 0.308. The minimum atomic E-state index is -3.76. The van der Waals surface area contributed by atoms with Crippen molar-refractivity contribution in [2.24, 2.45) is 5.10 Å². The predicted octanol–water partition coefficient (Wildman–Crippen LogP) is 2.61. The normalized spacial score (nSPS) is 14.7. The van der Waals surface area contributed by atoms with Gasteiger partial charge in [-0.25, -0.2) is 13.2 Å². The molecule has 158 valence electrons. The average Bonchev–Trinajstić information content (AvgIpc) is 3.29. The Balaban J connectivity index is 1.78. The van der Waals surface area contributed by atoms with Crippen molar-refractivity contribution < 1.29 is 22.9 Å². The summed E-state index contributed by atoms with van der Waals surface area (Å²) in [5, 5.41) is 15.4. The van der Waals surface area contributed by atoms with Crippen LogP contribution >= 0.6 is 0 Å². The van der Waals surface area contributed by atoms with Gasteiger partial charge in [-0.3, -0.25) is 15.5 Å². The van der Waals surface area contributed by atoms with Gasteiger partial charge < -0.3 is 4.74 Å². The number of nitro groups is 1. The lowest BCUT2D eigenvalue weighted by molar-refractivity contribution is -0.384. The number of nitrogens with zero attached hydrogens (tertiary/aromatic N) is 3. The number of nitrogens with one attached hydrogen (secondary N) is 1. The van der Waals surface area contributed by atoms with E-state index < -0.39 is 26.6 Å². The average molecular weight is 432 g/mol. The van der Waals surface area contributed by atoms with Crippen molar-refractivity contribution in [3.63, 3.8) is 0 Å². The van der Waals surface area contributed by atoms with Gasteiger partial charge >= 0.3 is 5.97 Å². The minimum absolute atomic E-state index is 0.0582. The number of sulfonamides is 1. The zero-order valence-corrected chi connectivity index (χ0v) is 17.0. The molecular formula is C19H20N4O6S. The van der Waals surface area contributed by atoms with Gasteiger partial charge in [-0.05, 0) is 42.7 Å². The third-order valence-corrected chi connectivity index (χ3v) is 6.49. The Morgan fingerprint density at radius 3 is 2.47 bits per heavy atom. The zero-order valence-electron chi connectivity index (χ0n) is 16.1. The van der Waals surface area contributed by atoms with E-state index in [9.17, 15) is 23.3 Å². The van der Waals surface area contributed by atoms with E-state index in [2.05, 4.69) is 15.3 Å². The van der Waals surface area contributed by atoms with E-state index in [-0.39, 0.29) is 10.6 Å². The van der Waals surface area contributed by atoms with Crippen molar-refractivity contribution >= 4 is 33.6 Å². The van der Waals surface area contributed by atoms with Gasteiger partial charge in [0.25, 0.3) is 5.69 Å². The van der Waals surface area contributed by atoms with Gasteiger partial charge in [0.05, 0.1) is 28.7 Å². The van der Waals surface area contributed by atoms with Gasteiger partial charge in [-0.15, -0.1) is 0 Å². The largest absolute Gasteiger partial charge is 0.465 e. The highest BCUT2D eigenvalue weighted by atomic mass is 32.2. The van der Waals surface area contributed by atoms with Gasteiger partial charge in [0.1, 0.15) is 5.69 Å². The maximum atomic E-state index is 12.6. The van der Waals surface area contributed by atoms with E-state index >= 15 is 0 Å². The van der Waals surface area contributed by atoms with Crippen molar-refractivity contribution in [1.82, 2.24) is 4.31 Å². The molecule has 2 aromatic carbocycles. The molecule has 1 aliphatic rings. The molecule has 2 aromatic rings. The van der Waals surface area contributed by atoms with Crippen LogP contribution in [-0.4, -0.2) is 50.0 Å². The molecule has 30 heavy (non-hydrogen) atoms. The number of rotatable bonds is 7. The number of anilines is 1. The topological polar surface area (TPSA) is 131 Å². The second kappa shape index (κ2) is 9.01. The lowest BCUT2D eigenvalue weighted by Gasteiger charge is -2.15. The first-order valence-corrected chi connectivity index (χ1v) is 10.5. The summed E-state index contributed by atoms with van der Waals surface area (Å²) in [4.78, 5) is 22.1. The number of ether oxygens (including phenoxy) is 1. The monoisotopic (exact) mass is 432 g/mol. The molecule has 10 nitrogen and oxygen atoms in total. The Morgan fingerprint density at radius 1 is 1.20 bits per heavy atom. The van der Waals surface area contributed by atoms with Gasteiger partial charge in [-0.1, -0.05) is 12.1 Å². The van der Waals surface area contributed by atoms with E-state index in [1.807, 2.05) is 0 Å². The number of hydrogen-bond acceptors (Lipinski definition) is 8. The summed E-state index contributed by atoms with van der Waals surface area (Å²) in [6.07, 6.45) is 2.96. The number of hydrazone groups is 1. The van der Waals surface area contributed by atoms with Crippen molar-refractivity contribution in [3.8, 4) is 0 Å². The molecular weight excluding hydrogens is 412 g/mol. The molecule has 0 atom stereocenters. The van der Waals surface area contributed by atoms with E-state index in [0.717, 1.165) is 18.9 Å². The molecule has 0 saturated carbocycles. The Hall–Kier alpha value is -3.31. The fraction of sp³-hybridized carbons (Fsp3) is 0.263. The molecule has 0 unspecified atom stereocenters. The van der Waals surface area contributed by atoms with Crippen molar-refractivity contribution in [1.29, 1.82) is 0 Å². The standard InChI is InChI=1S/C19H20N4O6S/c1-29-19(24)15-6-4-14(5-7-15)13-20-21-17-9-8-16(12-18(17)23(25)26)30(27,28)22-10-2-3-11-22/h4-9,12-13,21H,2-3,10-11H2,1H3/b20-13+. The highest BCUT2D eigenvalue weighted by molar-refractivity contribution is 7.89. The smallest absolute Gasteiger partial charge is 0.337 e. The first-order valence-electron chi connectivity index (χ1n) is 9.09. The zero-order chi connectivity index (χ0) is 21.7. The molecule has 0 spiro atoms. The number of nitro benzene ring substituents is 1. The van der Waals surface area contributed by atoms with Gasteiger partial charge in [-0.2, -0.15) is 9.41 Å². The Bertz CT molecular complexity index is 1080. The molecule has 1 N–H and O–H groups in total. The van der Waals surface area contributed by atoms with Gasteiger partial charge in [0, 0.05) is 19.2 Å². The third-order valence-electron chi connectivity index (χ3n) is 4.60. The summed E-state index contributed by atoms with van der Waals surface area (Å²) in [5.74, 6) is -0.462.